The molecule has 0 aliphatic heterocycles. The van der Waals surface area contributed by atoms with E-state index in [4.69, 9.17) is 10.00 Å². The van der Waals surface area contributed by atoms with Gasteiger partial charge in [-0.3, -0.25) is 0 Å². The molecule has 1 saturated carbocycles. The molecule has 4 heteroatoms. The number of rotatable bonds is 5. The highest BCUT2D eigenvalue weighted by molar-refractivity contribution is 5.41. The number of hydrogen-bond donors (Lipinski definition) is 2. The van der Waals surface area contributed by atoms with Crippen molar-refractivity contribution in [2.45, 2.75) is 31.9 Å². The molecule has 2 atom stereocenters. The molecule has 0 heterocycles. The van der Waals surface area contributed by atoms with Gasteiger partial charge < -0.3 is 15.2 Å². The van der Waals surface area contributed by atoms with E-state index < -0.39 is 0 Å². The fraction of sp³-hybridized carbons (Fsp3) is 0.533. The van der Waals surface area contributed by atoms with Crippen molar-refractivity contribution in [3.8, 4) is 11.8 Å². The molecule has 0 saturated heterocycles. The van der Waals surface area contributed by atoms with Gasteiger partial charge in [0.25, 0.3) is 0 Å². The topological polar surface area (TPSA) is 65.3 Å². The third-order valence-corrected chi connectivity index (χ3v) is 3.75. The molecule has 1 fully saturated rings. The minimum atomic E-state index is -0.167. The maximum atomic E-state index is 9.76. The molecule has 1 aliphatic carbocycles. The summed E-state index contributed by atoms with van der Waals surface area (Å²) < 4.78 is 5.29. The molecule has 2 unspecified atom stereocenters. The first-order valence-corrected chi connectivity index (χ1v) is 6.70. The van der Waals surface area contributed by atoms with Gasteiger partial charge in [-0.05, 0) is 37.0 Å². The second-order valence-corrected chi connectivity index (χ2v) is 5.03. The average Bonchev–Trinajstić information content (AvgIpc) is 2.84. The monoisotopic (exact) mass is 260 g/mol. The van der Waals surface area contributed by atoms with Crippen LogP contribution in [-0.2, 0) is 6.54 Å². The van der Waals surface area contributed by atoms with Crippen molar-refractivity contribution >= 4 is 0 Å². The van der Waals surface area contributed by atoms with Crippen molar-refractivity contribution in [1.29, 1.82) is 5.26 Å². The summed E-state index contributed by atoms with van der Waals surface area (Å²) in [5, 5.41) is 22.0. The highest BCUT2D eigenvalue weighted by atomic mass is 16.5. The fourth-order valence-corrected chi connectivity index (χ4v) is 2.63. The highest BCUT2D eigenvalue weighted by Crippen LogP contribution is 2.25. The smallest absolute Gasteiger partial charge is 0.123 e. The Morgan fingerprint density at radius 2 is 2.32 bits per heavy atom. The van der Waals surface area contributed by atoms with Crippen LogP contribution in [0.1, 0.15) is 30.4 Å². The molecule has 0 bridgehead atoms. The number of aliphatic hydroxyl groups excluding tert-OH is 1. The van der Waals surface area contributed by atoms with Crippen LogP contribution in [0.5, 0.6) is 5.75 Å². The molecule has 1 aliphatic rings. The first-order valence-electron chi connectivity index (χ1n) is 6.70. The van der Waals surface area contributed by atoms with E-state index in [1.54, 1.807) is 13.2 Å². The molecular formula is C15H20N2O2. The van der Waals surface area contributed by atoms with Gasteiger partial charge in [0.1, 0.15) is 5.75 Å². The summed E-state index contributed by atoms with van der Waals surface area (Å²) in [6.45, 7) is 1.46. The fourth-order valence-electron chi connectivity index (χ4n) is 2.63. The first kappa shape index (κ1) is 13.9. The molecule has 1 aromatic rings. The second-order valence-electron chi connectivity index (χ2n) is 5.03. The van der Waals surface area contributed by atoms with Gasteiger partial charge in [0.15, 0.2) is 0 Å². The van der Waals surface area contributed by atoms with Gasteiger partial charge in [0.2, 0.25) is 0 Å². The minimum absolute atomic E-state index is 0.167. The van der Waals surface area contributed by atoms with Gasteiger partial charge in [-0.1, -0.05) is 6.42 Å². The van der Waals surface area contributed by atoms with E-state index in [2.05, 4.69) is 11.4 Å². The molecular weight excluding hydrogens is 240 g/mol. The van der Waals surface area contributed by atoms with E-state index in [9.17, 15) is 5.11 Å². The molecule has 1 aromatic carbocycles. The lowest BCUT2D eigenvalue weighted by atomic mass is 10.1. The van der Waals surface area contributed by atoms with Crippen molar-refractivity contribution < 1.29 is 9.84 Å². The highest BCUT2D eigenvalue weighted by Gasteiger charge is 2.24. The lowest BCUT2D eigenvalue weighted by molar-refractivity contribution is 0.131. The van der Waals surface area contributed by atoms with Gasteiger partial charge >= 0.3 is 0 Å². The van der Waals surface area contributed by atoms with E-state index in [1.807, 2.05) is 12.1 Å². The Morgan fingerprint density at radius 3 is 2.95 bits per heavy atom. The summed E-state index contributed by atoms with van der Waals surface area (Å²) in [6, 6.07) is 7.55. The molecule has 0 amide bonds. The standard InChI is InChI=1S/C15H20N2O2/c1-19-15-6-5-11(8-16)7-13(15)10-17-9-12-3-2-4-14(12)18/h5-7,12,14,17-18H,2-4,9-10H2,1H3. The number of nitrogens with zero attached hydrogens (tertiary/aromatic N) is 1. The van der Waals surface area contributed by atoms with Crippen LogP contribution in [0.4, 0.5) is 0 Å². The Kier molecular flexibility index (Phi) is 4.78. The Hall–Kier alpha value is -1.57. The normalized spacial score (nSPS) is 22.2. The Labute approximate surface area is 114 Å². The van der Waals surface area contributed by atoms with E-state index in [0.29, 0.717) is 18.0 Å². The number of benzene rings is 1. The van der Waals surface area contributed by atoms with Crippen LogP contribution in [-0.4, -0.2) is 24.9 Å². The van der Waals surface area contributed by atoms with E-state index in [0.717, 1.165) is 37.1 Å². The lowest BCUT2D eigenvalue weighted by Crippen LogP contribution is -2.27. The van der Waals surface area contributed by atoms with Gasteiger partial charge in [-0.2, -0.15) is 5.26 Å². The van der Waals surface area contributed by atoms with Crippen LogP contribution in [0.2, 0.25) is 0 Å². The summed E-state index contributed by atoms with van der Waals surface area (Å²) in [4.78, 5) is 0. The molecule has 2 rings (SSSR count). The average molecular weight is 260 g/mol. The predicted octanol–water partition coefficient (Wildman–Crippen LogP) is 1.82. The quantitative estimate of drug-likeness (QED) is 0.847. The number of methoxy groups -OCH3 is 1. The van der Waals surface area contributed by atoms with E-state index in [1.165, 1.54) is 0 Å². The van der Waals surface area contributed by atoms with Crippen LogP contribution in [0.3, 0.4) is 0 Å². The second kappa shape index (κ2) is 6.55. The number of nitrogens with one attached hydrogen (secondary N) is 1. The summed E-state index contributed by atoms with van der Waals surface area (Å²) in [7, 11) is 1.63. The Morgan fingerprint density at radius 1 is 1.47 bits per heavy atom. The van der Waals surface area contributed by atoms with Crippen molar-refractivity contribution in [2.75, 3.05) is 13.7 Å². The molecule has 102 valence electrons. The molecule has 0 radical (unpaired) electrons. The maximum absolute atomic E-state index is 9.76. The lowest BCUT2D eigenvalue weighted by Gasteiger charge is -2.16. The third kappa shape index (κ3) is 3.46. The van der Waals surface area contributed by atoms with Gasteiger partial charge in [0, 0.05) is 18.7 Å². The predicted molar refractivity (Wildman–Crippen MR) is 72.8 cm³/mol. The Balaban J connectivity index is 1.93. The van der Waals surface area contributed by atoms with Crippen molar-refractivity contribution in [3.63, 3.8) is 0 Å². The van der Waals surface area contributed by atoms with Gasteiger partial charge in [-0.25, -0.2) is 0 Å². The van der Waals surface area contributed by atoms with Crippen LogP contribution >= 0.6 is 0 Å². The van der Waals surface area contributed by atoms with Gasteiger partial charge in [0.05, 0.1) is 24.8 Å². The van der Waals surface area contributed by atoms with Gasteiger partial charge in [-0.15, -0.1) is 0 Å². The van der Waals surface area contributed by atoms with Crippen molar-refractivity contribution in [3.05, 3.63) is 29.3 Å². The van der Waals surface area contributed by atoms with Crippen LogP contribution < -0.4 is 10.1 Å². The molecule has 0 aromatic heterocycles. The minimum Gasteiger partial charge on any atom is -0.496 e. The van der Waals surface area contributed by atoms with Crippen molar-refractivity contribution in [1.82, 2.24) is 5.32 Å². The zero-order chi connectivity index (χ0) is 13.7. The molecule has 2 N–H and O–H groups in total. The van der Waals surface area contributed by atoms with Crippen LogP contribution in [0.25, 0.3) is 0 Å². The third-order valence-electron chi connectivity index (χ3n) is 3.75. The molecule has 19 heavy (non-hydrogen) atoms. The van der Waals surface area contributed by atoms with E-state index >= 15 is 0 Å². The van der Waals surface area contributed by atoms with Crippen LogP contribution in [0, 0.1) is 17.2 Å². The first-order chi connectivity index (χ1) is 9.24. The summed E-state index contributed by atoms with van der Waals surface area (Å²) in [6.07, 6.45) is 2.95. The molecule has 4 nitrogen and oxygen atoms in total. The maximum Gasteiger partial charge on any atom is 0.123 e. The number of aliphatic hydroxyl groups is 1. The largest absolute Gasteiger partial charge is 0.496 e. The summed E-state index contributed by atoms with van der Waals surface area (Å²) >= 11 is 0. The zero-order valence-electron chi connectivity index (χ0n) is 11.2. The molecule has 0 spiro atoms. The van der Waals surface area contributed by atoms with Crippen molar-refractivity contribution in [2.24, 2.45) is 5.92 Å². The number of nitriles is 1. The number of hydrogen-bond acceptors (Lipinski definition) is 4. The van der Waals surface area contributed by atoms with Crippen LogP contribution in [0.15, 0.2) is 18.2 Å². The Bertz CT molecular complexity index is 468. The zero-order valence-corrected chi connectivity index (χ0v) is 11.2. The number of ether oxygens (including phenoxy) is 1. The SMILES string of the molecule is COc1ccc(C#N)cc1CNCC1CCCC1O. The van der Waals surface area contributed by atoms with E-state index in [-0.39, 0.29) is 6.10 Å². The summed E-state index contributed by atoms with van der Waals surface area (Å²) in [5.74, 6) is 1.14. The summed E-state index contributed by atoms with van der Waals surface area (Å²) in [5.41, 5.74) is 1.62.